The summed E-state index contributed by atoms with van der Waals surface area (Å²) in [5.74, 6) is -0.00563. The summed E-state index contributed by atoms with van der Waals surface area (Å²) >= 11 is 5.94. The van der Waals surface area contributed by atoms with Gasteiger partial charge in [-0.1, -0.05) is 35.9 Å². The number of carbonyl (C=O) groups is 2. The molecule has 1 fully saturated rings. The molecule has 1 saturated heterocycles. The minimum atomic E-state index is -1.45. The summed E-state index contributed by atoms with van der Waals surface area (Å²) in [6.45, 7) is -0.0444. The maximum Gasteiger partial charge on any atom is 0.322 e. The molecule has 3 amide bonds. The minimum absolute atomic E-state index is 0.0444. The van der Waals surface area contributed by atoms with Crippen molar-refractivity contribution in [2.75, 3.05) is 7.11 Å². The number of nitrogens with one attached hydrogen (secondary N) is 3. The Balaban J connectivity index is 1.56. The standard InChI is InChI=1S/C24H19ClN4O5/c1-34-17-7-4-14-11-29(21(31)18(14)9-17)12-24(22(32)27-23(33)28-24)16-5-2-13(3-6-16)15-8-19(25)20(30)26-10-15/h2-11,31H,12H2,1H3,(H,26,30)(H2,27,28,32,33)/t24-/m0/s1. The second kappa shape index (κ2) is 7.96. The van der Waals surface area contributed by atoms with Crippen LogP contribution in [0, 0.1) is 0 Å². The van der Waals surface area contributed by atoms with E-state index in [4.69, 9.17) is 16.3 Å². The number of hydrogen-bond acceptors (Lipinski definition) is 5. The first-order valence-electron chi connectivity index (χ1n) is 10.3. The fraction of sp³-hybridized carbons (Fsp3) is 0.125. The number of carbonyl (C=O) groups excluding carboxylic acids is 2. The zero-order valence-corrected chi connectivity index (χ0v) is 18.6. The van der Waals surface area contributed by atoms with Crippen LogP contribution in [0.4, 0.5) is 4.79 Å². The van der Waals surface area contributed by atoms with Crippen LogP contribution in [-0.4, -0.2) is 33.7 Å². The van der Waals surface area contributed by atoms with Crippen LogP contribution in [0.15, 0.2) is 65.7 Å². The number of amides is 3. The van der Waals surface area contributed by atoms with Crippen molar-refractivity contribution in [3.8, 4) is 22.8 Å². The van der Waals surface area contributed by atoms with E-state index < -0.39 is 17.5 Å². The van der Waals surface area contributed by atoms with Gasteiger partial charge in [-0.05, 0) is 41.0 Å². The van der Waals surface area contributed by atoms with Gasteiger partial charge < -0.3 is 24.7 Å². The Morgan fingerprint density at radius 3 is 2.47 bits per heavy atom. The molecule has 0 spiro atoms. The number of aromatic hydroxyl groups is 1. The Morgan fingerprint density at radius 1 is 1.06 bits per heavy atom. The largest absolute Gasteiger partial charge is 0.497 e. The molecule has 4 N–H and O–H groups in total. The first-order chi connectivity index (χ1) is 16.3. The van der Waals surface area contributed by atoms with Gasteiger partial charge in [-0.3, -0.25) is 14.9 Å². The topological polar surface area (TPSA) is 125 Å². The number of hydrogen-bond donors (Lipinski definition) is 4. The van der Waals surface area contributed by atoms with Gasteiger partial charge in [-0.25, -0.2) is 4.79 Å². The molecule has 3 heterocycles. The van der Waals surface area contributed by atoms with Gasteiger partial charge in [0.1, 0.15) is 10.8 Å². The number of halogens is 1. The molecule has 1 aliphatic heterocycles. The Kier molecular flexibility index (Phi) is 5.06. The van der Waals surface area contributed by atoms with Crippen LogP contribution in [-0.2, 0) is 16.9 Å². The zero-order chi connectivity index (χ0) is 24.0. The van der Waals surface area contributed by atoms with Gasteiger partial charge in [0.2, 0.25) is 0 Å². The van der Waals surface area contributed by atoms with E-state index in [9.17, 15) is 19.5 Å². The maximum atomic E-state index is 13.0. The number of imide groups is 1. The predicted octanol–water partition coefficient (Wildman–Crippen LogP) is 3.10. The van der Waals surface area contributed by atoms with Crippen LogP contribution < -0.4 is 20.9 Å². The van der Waals surface area contributed by atoms with E-state index in [-0.39, 0.29) is 23.0 Å². The molecule has 5 rings (SSSR count). The summed E-state index contributed by atoms with van der Waals surface area (Å²) in [5.41, 5.74) is 0.124. The molecule has 2 aromatic heterocycles. The number of rotatable bonds is 5. The summed E-state index contributed by atoms with van der Waals surface area (Å²) in [6, 6.07) is 13.1. The third kappa shape index (κ3) is 3.46. The lowest BCUT2D eigenvalue weighted by Crippen LogP contribution is -2.47. The Bertz CT molecular complexity index is 1510. The Morgan fingerprint density at radius 2 is 1.82 bits per heavy atom. The first-order valence-corrected chi connectivity index (χ1v) is 10.7. The van der Waals surface area contributed by atoms with Gasteiger partial charge in [-0.2, -0.15) is 0 Å². The van der Waals surface area contributed by atoms with Crippen molar-refractivity contribution in [1.29, 1.82) is 0 Å². The third-order valence-electron chi connectivity index (χ3n) is 5.99. The monoisotopic (exact) mass is 478 g/mol. The second-order valence-electron chi connectivity index (χ2n) is 7.99. The number of methoxy groups -OCH3 is 1. The quantitative estimate of drug-likeness (QED) is 0.328. The highest BCUT2D eigenvalue weighted by Gasteiger charge is 2.48. The van der Waals surface area contributed by atoms with E-state index in [2.05, 4.69) is 15.6 Å². The SMILES string of the molecule is COc1ccc2cn(C[C@@]3(c4ccc(-c5c[nH]c(=O)c(Cl)c5)cc4)NC(=O)NC3=O)c(O)c2c1. The first kappa shape index (κ1) is 21.6. The summed E-state index contributed by atoms with van der Waals surface area (Å²) in [6.07, 6.45) is 3.25. The van der Waals surface area contributed by atoms with Crippen LogP contribution in [0.3, 0.4) is 0 Å². The fourth-order valence-corrected chi connectivity index (χ4v) is 4.37. The number of aromatic amines is 1. The van der Waals surface area contributed by atoms with Gasteiger partial charge in [0, 0.05) is 23.2 Å². The van der Waals surface area contributed by atoms with Crippen LogP contribution in [0.25, 0.3) is 21.9 Å². The van der Waals surface area contributed by atoms with Crippen LogP contribution in [0.5, 0.6) is 11.6 Å². The molecule has 34 heavy (non-hydrogen) atoms. The zero-order valence-electron chi connectivity index (χ0n) is 17.9. The molecule has 1 atom stereocenters. The Labute approximate surface area is 197 Å². The van der Waals surface area contributed by atoms with Crippen molar-refractivity contribution in [2.24, 2.45) is 0 Å². The summed E-state index contributed by atoms with van der Waals surface area (Å²) in [4.78, 5) is 39.3. The van der Waals surface area contributed by atoms with E-state index in [1.165, 1.54) is 11.7 Å². The van der Waals surface area contributed by atoms with Crippen molar-refractivity contribution in [1.82, 2.24) is 20.2 Å². The summed E-state index contributed by atoms with van der Waals surface area (Å²) in [7, 11) is 1.54. The van der Waals surface area contributed by atoms with Crippen LogP contribution in [0.2, 0.25) is 5.02 Å². The Hall–Kier alpha value is -4.24. The van der Waals surface area contributed by atoms with Gasteiger partial charge >= 0.3 is 6.03 Å². The van der Waals surface area contributed by atoms with Crippen molar-refractivity contribution < 1.29 is 19.4 Å². The highest BCUT2D eigenvalue weighted by Crippen LogP contribution is 2.35. The number of nitrogens with zero attached hydrogens (tertiary/aromatic N) is 1. The van der Waals surface area contributed by atoms with E-state index in [1.807, 2.05) is 0 Å². The van der Waals surface area contributed by atoms with Gasteiger partial charge in [-0.15, -0.1) is 0 Å². The molecule has 0 saturated carbocycles. The van der Waals surface area contributed by atoms with Crippen molar-refractivity contribution in [2.45, 2.75) is 12.1 Å². The van der Waals surface area contributed by atoms with Gasteiger partial charge in [0.05, 0.1) is 13.7 Å². The fourth-order valence-electron chi connectivity index (χ4n) is 4.20. The van der Waals surface area contributed by atoms with E-state index in [0.717, 1.165) is 10.9 Å². The third-order valence-corrected chi connectivity index (χ3v) is 6.27. The number of benzene rings is 2. The second-order valence-corrected chi connectivity index (χ2v) is 8.40. The molecule has 4 aromatic rings. The normalized spacial score (nSPS) is 17.6. The van der Waals surface area contributed by atoms with E-state index >= 15 is 0 Å². The number of H-pyrrole nitrogens is 1. The highest BCUT2D eigenvalue weighted by atomic mass is 35.5. The molecule has 0 bridgehead atoms. The molecule has 0 radical (unpaired) electrons. The molecular weight excluding hydrogens is 460 g/mol. The summed E-state index contributed by atoms with van der Waals surface area (Å²) in [5, 5.41) is 17.2. The lowest BCUT2D eigenvalue weighted by atomic mass is 9.88. The van der Waals surface area contributed by atoms with Crippen LogP contribution >= 0.6 is 11.6 Å². The highest BCUT2D eigenvalue weighted by molar-refractivity contribution is 6.30. The van der Waals surface area contributed by atoms with E-state index in [1.54, 1.807) is 60.9 Å². The lowest BCUT2D eigenvalue weighted by molar-refractivity contribution is -0.124. The van der Waals surface area contributed by atoms with E-state index in [0.29, 0.717) is 22.3 Å². The molecule has 9 nitrogen and oxygen atoms in total. The van der Waals surface area contributed by atoms with Crippen LogP contribution in [0.1, 0.15) is 5.56 Å². The maximum absolute atomic E-state index is 13.0. The predicted molar refractivity (Wildman–Crippen MR) is 126 cm³/mol. The van der Waals surface area contributed by atoms with Crippen molar-refractivity contribution in [3.05, 3.63) is 81.9 Å². The van der Waals surface area contributed by atoms with Gasteiger partial charge in [0.15, 0.2) is 11.4 Å². The van der Waals surface area contributed by atoms with Crippen molar-refractivity contribution in [3.63, 3.8) is 0 Å². The number of fused-ring (bicyclic) bond motifs is 1. The average Bonchev–Trinajstić information content (AvgIpc) is 3.30. The number of urea groups is 1. The van der Waals surface area contributed by atoms with Gasteiger partial charge in [0.25, 0.3) is 11.5 Å². The smallest absolute Gasteiger partial charge is 0.322 e. The molecule has 0 aliphatic carbocycles. The average molecular weight is 479 g/mol. The minimum Gasteiger partial charge on any atom is -0.497 e. The molecular formula is C24H19ClN4O5. The lowest BCUT2D eigenvalue weighted by Gasteiger charge is -2.27. The molecule has 10 heteroatoms. The molecule has 2 aromatic carbocycles. The summed E-state index contributed by atoms with van der Waals surface area (Å²) < 4.78 is 6.75. The number of pyridine rings is 1. The molecule has 1 aliphatic rings. The van der Waals surface area contributed by atoms with Crippen molar-refractivity contribution >= 4 is 34.3 Å². The molecule has 172 valence electrons. The molecule has 0 unspecified atom stereocenters. The number of aromatic nitrogens is 2. The number of ether oxygens (including phenoxy) is 1.